The van der Waals surface area contributed by atoms with E-state index in [4.69, 9.17) is 16.7 Å². The summed E-state index contributed by atoms with van der Waals surface area (Å²) in [5, 5.41) is 14.5. The summed E-state index contributed by atoms with van der Waals surface area (Å²) >= 11 is 6.83. The Balaban J connectivity index is 1.95. The van der Waals surface area contributed by atoms with Gasteiger partial charge in [-0.1, -0.05) is 16.8 Å². The topological polar surface area (TPSA) is 105 Å². The maximum Gasteiger partial charge on any atom is 0.394 e. The molecule has 0 spiro atoms. The van der Waals surface area contributed by atoms with Crippen LogP contribution in [-0.2, 0) is 6.54 Å². The third-order valence-electron chi connectivity index (χ3n) is 1.86. The third-order valence-corrected chi connectivity index (χ3v) is 3.09. The van der Waals surface area contributed by atoms with Gasteiger partial charge in [-0.15, -0.1) is 11.3 Å². The second-order valence-corrected chi connectivity index (χ2v) is 4.82. The largest absolute Gasteiger partial charge is 0.474 e. The molecule has 18 heavy (non-hydrogen) atoms. The van der Waals surface area contributed by atoms with Crippen molar-refractivity contribution < 1.29 is 19.2 Å². The number of amides is 1. The molecule has 0 fully saturated rings. The lowest BCUT2D eigenvalue weighted by Crippen LogP contribution is -2.22. The van der Waals surface area contributed by atoms with Gasteiger partial charge < -0.3 is 14.9 Å². The maximum absolute atomic E-state index is 11.6. The number of hydrogen-bond donors (Lipinski definition) is 2. The normalized spacial score (nSPS) is 10.3. The Morgan fingerprint density at radius 2 is 2.28 bits per heavy atom. The first-order valence-corrected chi connectivity index (χ1v) is 5.85. The van der Waals surface area contributed by atoms with Gasteiger partial charge >= 0.3 is 11.9 Å². The molecule has 0 radical (unpaired) electrons. The van der Waals surface area contributed by atoms with Crippen molar-refractivity contribution in [3.63, 3.8) is 0 Å². The standard InChI is InChI=1S/C9H6ClN3O4S/c10-5-2-1-4(18-5)7(14)11-3-6-12-8(9(15)16)17-13-6/h1-2H,3H2,(H,11,14)(H,15,16). The van der Waals surface area contributed by atoms with Crippen molar-refractivity contribution >= 4 is 34.8 Å². The number of carbonyl (C=O) groups is 2. The van der Waals surface area contributed by atoms with Crippen LogP contribution in [0.4, 0.5) is 0 Å². The average Bonchev–Trinajstić information content (AvgIpc) is 2.94. The minimum atomic E-state index is -1.31. The smallest absolute Gasteiger partial charge is 0.394 e. The molecule has 0 bridgehead atoms. The molecule has 2 aromatic heterocycles. The van der Waals surface area contributed by atoms with Gasteiger partial charge in [0.2, 0.25) is 0 Å². The van der Waals surface area contributed by atoms with Crippen molar-refractivity contribution in [1.29, 1.82) is 0 Å². The number of carbonyl (C=O) groups excluding carboxylic acids is 1. The van der Waals surface area contributed by atoms with E-state index in [1.54, 1.807) is 12.1 Å². The third kappa shape index (κ3) is 2.84. The molecular weight excluding hydrogens is 282 g/mol. The quantitative estimate of drug-likeness (QED) is 0.881. The van der Waals surface area contributed by atoms with E-state index in [1.807, 2.05) is 0 Å². The monoisotopic (exact) mass is 287 g/mol. The number of thiophene rings is 1. The molecule has 0 aromatic carbocycles. The Morgan fingerprint density at radius 1 is 1.50 bits per heavy atom. The highest BCUT2D eigenvalue weighted by Crippen LogP contribution is 2.21. The molecule has 2 N–H and O–H groups in total. The maximum atomic E-state index is 11.6. The summed E-state index contributed by atoms with van der Waals surface area (Å²) in [6, 6.07) is 3.19. The number of nitrogens with one attached hydrogen (secondary N) is 1. The second-order valence-electron chi connectivity index (χ2n) is 3.11. The van der Waals surface area contributed by atoms with Crippen molar-refractivity contribution in [2.24, 2.45) is 0 Å². The van der Waals surface area contributed by atoms with Gasteiger partial charge in [0.1, 0.15) is 0 Å². The highest BCUT2D eigenvalue weighted by Gasteiger charge is 2.14. The number of carboxylic acids is 1. The van der Waals surface area contributed by atoms with Crippen LogP contribution in [0.15, 0.2) is 16.7 Å². The molecule has 0 aliphatic rings. The first-order valence-electron chi connectivity index (χ1n) is 4.65. The molecule has 7 nitrogen and oxygen atoms in total. The lowest BCUT2D eigenvalue weighted by molar-refractivity contribution is 0.0643. The molecule has 0 unspecified atom stereocenters. The van der Waals surface area contributed by atoms with E-state index >= 15 is 0 Å². The van der Waals surface area contributed by atoms with Crippen LogP contribution in [0, 0.1) is 0 Å². The molecule has 0 saturated carbocycles. The summed E-state index contributed by atoms with van der Waals surface area (Å²) in [6.45, 7) is -0.0227. The lowest BCUT2D eigenvalue weighted by Gasteiger charge is -1.98. The fourth-order valence-corrected chi connectivity index (χ4v) is 2.05. The van der Waals surface area contributed by atoms with Crippen LogP contribution in [0.25, 0.3) is 0 Å². The fourth-order valence-electron chi connectivity index (χ4n) is 1.10. The summed E-state index contributed by atoms with van der Waals surface area (Å²) in [6.07, 6.45) is 0. The van der Waals surface area contributed by atoms with Gasteiger partial charge in [0, 0.05) is 0 Å². The molecular formula is C9H6ClN3O4S. The molecule has 94 valence electrons. The van der Waals surface area contributed by atoms with Gasteiger partial charge in [0.15, 0.2) is 5.82 Å². The summed E-state index contributed by atoms with van der Waals surface area (Å²) in [4.78, 5) is 26.1. The van der Waals surface area contributed by atoms with E-state index in [-0.39, 0.29) is 18.3 Å². The number of rotatable bonds is 4. The zero-order valence-corrected chi connectivity index (χ0v) is 10.3. The van der Waals surface area contributed by atoms with Crippen molar-refractivity contribution in [3.05, 3.63) is 33.1 Å². The van der Waals surface area contributed by atoms with Gasteiger partial charge in [-0.05, 0) is 12.1 Å². The van der Waals surface area contributed by atoms with Crippen LogP contribution >= 0.6 is 22.9 Å². The van der Waals surface area contributed by atoms with Crippen LogP contribution < -0.4 is 5.32 Å². The van der Waals surface area contributed by atoms with Gasteiger partial charge in [0.25, 0.3) is 5.91 Å². The van der Waals surface area contributed by atoms with Crippen LogP contribution in [0.1, 0.15) is 26.2 Å². The summed E-state index contributed by atoms with van der Waals surface area (Å²) < 4.78 is 4.95. The SMILES string of the molecule is O=C(O)c1nc(CNC(=O)c2ccc(Cl)s2)no1. The molecule has 2 rings (SSSR count). The van der Waals surface area contributed by atoms with Crippen molar-refractivity contribution in [2.45, 2.75) is 6.54 Å². The number of nitrogens with zero attached hydrogens (tertiary/aromatic N) is 2. The molecule has 0 aliphatic heterocycles. The molecule has 2 aromatic rings. The molecule has 0 aliphatic carbocycles. The number of halogens is 1. The highest BCUT2D eigenvalue weighted by molar-refractivity contribution is 7.17. The number of aromatic nitrogens is 2. The summed E-state index contributed by atoms with van der Waals surface area (Å²) in [5.41, 5.74) is 0. The van der Waals surface area contributed by atoms with E-state index in [1.165, 1.54) is 0 Å². The Hall–Kier alpha value is -1.93. The van der Waals surface area contributed by atoms with Gasteiger partial charge in [-0.2, -0.15) is 4.98 Å². The zero-order valence-electron chi connectivity index (χ0n) is 8.71. The predicted octanol–water partition coefficient (Wildman–Crippen LogP) is 1.41. The first kappa shape index (κ1) is 12.5. The number of hydrogen-bond acceptors (Lipinski definition) is 6. The van der Waals surface area contributed by atoms with Crippen LogP contribution in [0.5, 0.6) is 0 Å². The summed E-state index contributed by atoms with van der Waals surface area (Å²) in [7, 11) is 0. The van der Waals surface area contributed by atoms with Crippen molar-refractivity contribution in [2.75, 3.05) is 0 Å². The molecule has 9 heteroatoms. The Bertz CT molecular complexity index is 594. The Morgan fingerprint density at radius 3 is 2.83 bits per heavy atom. The van der Waals surface area contributed by atoms with E-state index in [9.17, 15) is 9.59 Å². The van der Waals surface area contributed by atoms with Gasteiger partial charge in [-0.3, -0.25) is 4.79 Å². The highest BCUT2D eigenvalue weighted by atomic mass is 35.5. The predicted molar refractivity (Wildman–Crippen MR) is 61.8 cm³/mol. The molecule has 1 amide bonds. The Labute approximate surface area is 109 Å². The second kappa shape index (κ2) is 5.15. The van der Waals surface area contributed by atoms with Crippen LogP contribution in [0.2, 0.25) is 4.34 Å². The van der Waals surface area contributed by atoms with Gasteiger partial charge in [0.05, 0.1) is 15.8 Å². The minimum Gasteiger partial charge on any atom is -0.474 e. The number of carboxylic acid groups (broad SMARTS) is 1. The van der Waals surface area contributed by atoms with Crippen LogP contribution in [-0.4, -0.2) is 27.1 Å². The van der Waals surface area contributed by atoms with Crippen LogP contribution in [0.3, 0.4) is 0 Å². The molecule has 2 heterocycles. The van der Waals surface area contributed by atoms with Crippen molar-refractivity contribution in [3.8, 4) is 0 Å². The van der Waals surface area contributed by atoms with Gasteiger partial charge in [-0.25, -0.2) is 4.79 Å². The van der Waals surface area contributed by atoms with Crippen molar-refractivity contribution in [1.82, 2.24) is 15.5 Å². The number of aromatic carboxylic acids is 1. The first-order chi connectivity index (χ1) is 8.56. The minimum absolute atomic E-state index is 0.0227. The average molecular weight is 288 g/mol. The lowest BCUT2D eigenvalue weighted by atomic mass is 10.4. The molecule has 0 saturated heterocycles. The van der Waals surface area contributed by atoms with E-state index in [0.29, 0.717) is 9.21 Å². The zero-order chi connectivity index (χ0) is 13.1. The Kier molecular flexibility index (Phi) is 3.58. The summed E-state index contributed by atoms with van der Waals surface area (Å²) in [5.74, 6) is -2.08. The fraction of sp³-hybridized carbons (Fsp3) is 0.111. The molecule has 0 atom stereocenters. The van der Waals surface area contributed by atoms with E-state index in [0.717, 1.165) is 11.3 Å². The van der Waals surface area contributed by atoms with E-state index in [2.05, 4.69) is 20.0 Å². The van der Waals surface area contributed by atoms with E-state index < -0.39 is 11.9 Å².